The molecule has 7 heteroatoms. The Morgan fingerprint density at radius 2 is 1.66 bits per heavy atom. The molecule has 2 heterocycles. The second-order valence-corrected chi connectivity index (χ2v) is 6.26. The minimum atomic E-state index is -0.546. The number of pyridine rings is 1. The van der Waals surface area contributed by atoms with Crippen LogP contribution in [0.5, 0.6) is 17.2 Å². The average molecular weight is 393 g/mol. The molecule has 29 heavy (non-hydrogen) atoms. The first-order chi connectivity index (χ1) is 14.0. The summed E-state index contributed by atoms with van der Waals surface area (Å²) < 4.78 is 29.3. The fourth-order valence-corrected chi connectivity index (χ4v) is 3.14. The average Bonchev–Trinajstić information content (AvgIpc) is 2.74. The van der Waals surface area contributed by atoms with Crippen LogP contribution in [0.15, 0.2) is 63.9 Å². The van der Waals surface area contributed by atoms with E-state index < -0.39 is 5.95 Å². The minimum absolute atomic E-state index is 0.0111. The number of fused-ring (bicyclic) bond motifs is 1. The van der Waals surface area contributed by atoms with E-state index in [-0.39, 0.29) is 39.4 Å². The molecule has 0 saturated carbocycles. The molecule has 0 spiro atoms. The van der Waals surface area contributed by atoms with E-state index >= 15 is 0 Å². The maximum absolute atomic E-state index is 13.0. The number of phenolic OH excluding ortho intramolecular Hbond substituents is 1. The minimum Gasteiger partial charge on any atom is -0.504 e. The van der Waals surface area contributed by atoms with Gasteiger partial charge >= 0.3 is 0 Å². The van der Waals surface area contributed by atoms with Crippen molar-refractivity contribution in [1.82, 2.24) is 4.98 Å². The summed E-state index contributed by atoms with van der Waals surface area (Å²) in [5, 5.41) is 10.4. The highest BCUT2D eigenvalue weighted by atomic mass is 19.1. The number of rotatable bonds is 4. The molecule has 0 bridgehead atoms. The first-order valence-corrected chi connectivity index (χ1v) is 8.66. The predicted molar refractivity (Wildman–Crippen MR) is 106 cm³/mol. The van der Waals surface area contributed by atoms with Crippen LogP contribution >= 0.6 is 0 Å². The lowest BCUT2D eigenvalue weighted by Gasteiger charge is -2.12. The number of hydrogen-bond donors (Lipinski definition) is 1. The number of benzene rings is 2. The molecule has 0 radical (unpaired) electrons. The van der Waals surface area contributed by atoms with Gasteiger partial charge in [0.15, 0.2) is 28.3 Å². The lowest BCUT2D eigenvalue weighted by atomic mass is 10.0. The van der Waals surface area contributed by atoms with Crippen molar-refractivity contribution >= 4 is 11.0 Å². The van der Waals surface area contributed by atoms with Crippen molar-refractivity contribution in [2.75, 3.05) is 14.2 Å². The number of aromatic hydroxyl groups is 1. The number of methoxy groups -OCH3 is 2. The molecule has 1 N–H and O–H groups in total. The van der Waals surface area contributed by atoms with Crippen LogP contribution in [0.4, 0.5) is 4.39 Å². The molecule has 0 atom stereocenters. The van der Waals surface area contributed by atoms with Crippen LogP contribution in [0.2, 0.25) is 0 Å². The van der Waals surface area contributed by atoms with Crippen LogP contribution < -0.4 is 14.9 Å². The Morgan fingerprint density at radius 3 is 2.28 bits per heavy atom. The number of phenols is 1. The molecule has 0 amide bonds. The molecular formula is C22H16FNO5. The van der Waals surface area contributed by atoms with Gasteiger partial charge in [0.25, 0.3) is 0 Å². The summed E-state index contributed by atoms with van der Waals surface area (Å²) in [5.41, 5.74) is 1.86. The van der Waals surface area contributed by atoms with E-state index in [0.717, 1.165) is 11.1 Å². The molecule has 146 valence electrons. The van der Waals surface area contributed by atoms with Gasteiger partial charge in [-0.3, -0.25) is 4.79 Å². The molecule has 4 rings (SSSR count). The molecule has 4 aromatic rings. The highest BCUT2D eigenvalue weighted by molar-refractivity contribution is 5.92. The van der Waals surface area contributed by atoms with E-state index in [0.29, 0.717) is 5.56 Å². The molecule has 0 aliphatic heterocycles. The van der Waals surface area contributed by atoms with Crippen molar-refractivity contribution in [2.24, 2.45) is 0 Å². The molecule has 2 aromatic heterocycles. The molecular weight excluding hydrogens is 377 g/mol. The zero-order valence-electron chi connectivity index (χ0n) is 15.6. The number of hydrogen-bond acceptors (Lipinski definition) is 6. The Morgan fingerprint density at radius 1 is 0.966 bits per heavy atom. The molecule has 0 fully saturated rings. The topological polar surface area (TPSA) is 81.8 Å². The highest BCUT2D eigenvalue weighted by Crippen LogP contribution is 2.40. The van der Waals surface area contributed by atoms with Crippen molar-refractivity contribution in [3.8, 4) is 39.7 Å². The fraction of sp³-hybridized carbons (Fsp3) is 0.0909. The number of halogens is 1. The third kappa shape index (κ3) is 3.27. The third-order valence-electron chi connectivity index (χ3n) is 4.55. The molecule has 0 aliphatic rings. The van der Waals surface area contributed by atoms with Crippen molar-refractivity contribution < 1.29 is 23.4 Å². The van der Waals surface area contributed by atoms with Gasteiger partial charge in [0.1, 0.15) is 11.1 Å². The second kappa shape index (κ2) is 7.27. The van der Waals surface area contributed by atoms with Gasteiger partial charge in [-0.05, 0) is 17.7 Å². The van der Waals surface area contributed by atoms with Crippen LogP contribution in [-0.4, -0.2) is 24.3 Å². The summed E-state index contributed by atoms with van der Waals surface area (Å²) >= 11 is 0. The number of ether oxygens (including phenoxy) is 2. The SMILES string of the molecule is COc1cc(O)c2oc(-c3ccc(-c4ccc(F)nc4)cc3)cc(=O)c2c1OC. The lowest BCUT2D eigenvalue weighted by Crippen LogP contribution is -2.04. The standard InChI is InChI=1S/C22H16FNO5/c1-27-18-10-16(26)21-20(22(18)28-2)15(25)9-17(29-21)13-5-3-12(4-6-13)14-7-8-19(23)24-11-14/h3-11,26H,1-2H3. The molecule has 0 aliphatic carbocycles. The Hall–Kier alpha value is -3.87. The molecule has 0 unspecified atom stereocenters. The lowest BCUT2D eigenvalue weighted by molar-refractivity contribution is 0.354. The Kier molecular flexibility index (Phi) is 4.64. The fourth-order valence-electron chi connectivity index (χ4n) is 3.14. The van der Waals surface area contributed by atoms with Gasteiger partial charge in [-0.15, -0.1) is 0 Å². The number of aromatic nitrogens is 1. The smallest absolute Gasteiger partial charge is 0.212 e. The quantitative estimate of drug-likeness (QED) is 0.518. The van der Waals surface area contributed by atoms with Crippen molar-refractivity contribution in [1.29, 1.82) is 0 Å². The summed E-state index contributed by atoms with van der Waals surface area (Å²) in [4.78, 5) is 16.4. The first-order valence-electron chi connectivity index (χ1n) is 8.66. The van der Waals surface area contributed by atoms with Gasteiger partial charge in [-0.1, -0.05) is 24.3 Å². The highest BCUT2D eigenvalue weighted by Gasteiger charge is 2.19. The normalized spacial score (nSPS) is 10.9. The summed E-state index contributed by atoms with van der Waals surface area (Å²) in [6.45, 7) is 0. The number of nitrogens with zero attached hydrogens (tertiary/aromatic N) is 1. The van der Waals surface area contributed by atoms with Gasteiger partial charge in [-0.2, -0.15) is 4.39 Å². The van der Waals surface area contributed by atoms with E-state index in [1.165, 1.54) is 38.6 Å². The van der Waals surface area contributed by atoms with E-state index in [9.17, 15) is 14.3 Å². The van der Waals surface area contributed by atoms with Crippen LogP contribution in [0.1, 0.15) is 0 Å². The Bertz CT molecular complexity index is 1250. The summed E-state index contributed by atoms with van der Waals surface area (Å²) in [5.74, 6) is -0.0656. The van der Waals surface area contributed by atoms with E-state index in [2.05, 4.69) is 4.98 Å². The van der Waals surface area contributed by atoms with Gasteiger partial charge in [0.2, 0.25) is 5.95 Å². The molecule has 0 saturated heterocycles. The molecule has 2 aromatic carbocycles. The summed E-state index contributed by atoms with van der Waals surface area (Å²) in [6.07, 6.45) is 1.44. The maximum atomic E-state index is 13.0. The summed E-state index contributed by atoms with van der Waals surface area (Å²) in [6, 6.07) is 12.7. The monoisotopic (exact) mass is 393 g/mol. The Labute approximate surface area is 164 Å². The van der Waals surface area contributed by atoms with E-state index in [1.54, 1.807) is 18.2 Å². The van der Waals surface area contributed by atoms with Crippen molar-refractivity contribution in [3.05, 3.63) is 70.9 Å². The maximum Gasteiger partial charge on any atom is 0.212 e. The van der Waals surface area contributed by atoms with Crippen LogP contribution in [0.3, 0.4) is 0 Å². The van der Waals surface area contributed by atoms with Gasteiger partial charge in [0.05, 0.1) is 14.2 Å². The molecule has 6 nitrogen and oxygen atoms in total. The van der Waals surface area contributed by atoms with E-state index in [1.807, 2.05) is 12.1 Å². The van der Waals surface area contributed by atoms with Crippen LogP contribution in [0.25, 0.3) is 33.4 Å². The first kappa shape index (κ1) is 18.5. The Balaban J connectivity index is 1.81. The van der Waals surface area contributed by atoms with Crippen LogP contribution in [0, 0.1) is 5.95 Å². The van der Waals surface area contributed by atoms with Crippen molar-refractivity contribution in [3.63, 3.8) is 0 Å². The zero-order chi connectivity index (χ0) is 20.5. The summed E-state index contributed by atoms with van der Waals surface area (Å²) in [7, 11) is 2.82. The van der Waals surface area contributed by atoms with Crippen LogP contribution in [-0.2, 0) is 0 Å². The van der Waals surface area contributed by atoms with Crippen molar-refractivity contribution in [2.45, 2.75) is 0 Å². The van der Waals surface area contributed by atoms with Gasteiger partial charge in [-0.25, -0.2) is 4.98 Å². The van der Waals surface area contributed by atoms with Gasteiger partial charge in [0, 0.05) is 29.5 Å². The predicted octanol–water partition coefficient (Wildman–Crippen LogP) is 4.38. The zero-order valence-corrected chi connectivity index (χ0v) is 15.6. The third-order valence-corrected chi connectivity index (χ3v) is 4.55. The second-order valence-electron chi connectivity index (χ2n) is 6.26. The van der Waals surface area contributed by atoms with E-state index in [4.69, 9.17) is 13.9 Å². The van der Waals surface area contributed by atoms with Gasteiger partial charge < -0.3 is 19.0 Å². The largest absolute Gasteiger partial charge is 0.504 e.